The fraction of sp³-hybridized carbons (Fsp3) is 1.00. The van der Waals surface area contributed by atoms with Gasteiger partial charge in [0.15, 0.2) is 0 Å². The molecular weight excluding hydrogens is 160 g/mol. The Balaban J connectivity index is 0.000000810. The summed E-state index contributed by atoms with van der Waals surface area (Å²) in [6.45, 7) is 0. The zero-order chi connectivity index (χ0) is 6.91. The fourth-order valence-electron chi connectivity index (χ4n) is 1.12. The van der Waals surface area contributed by atoms with Gasteiger partial charge in [0.25, 0.3) is 5.92 Å². The first-order valence-electron chi connectivity index (χ1n) is 3.26. The lowest BCUT2D eigenvalue weighted by Gasteiger charge is -2.27. The minimum absolute atomic E-state index is 0. The summed E-state index contributed by atoms with van der Waals surface area (Å²) >= 11 is 0. The Bertz CT molecular complexity index is 108. The molecule has 0 aromatic carbocycles. The Hall–Kier alpha value is 0.110. The van der Waals surface area contributed by atoms with Crippen LogP contribution in [-0.2, 0) is 0 Å². The predicted octanol–water partition coefficient (Wildman–Crippen LogP) is 1.94. The van der Waals surface area contributed by atoms with Crippen molar-refractivity contribution >= 4 is 12.4 Å². The van der Waals surface area contributed by atoms with Crippen LogP contribution in [0.3, 0.4) is 0 Å². The van der Waals surface area contributed by atoms with Crippen molar-refractivity contribution < 1.29 is 8.78 Å². The maximum Gasteiger partial charge on any atom is 0.262 e. The molecule has 1 atom stereocenters. The van der Waals surface area contributed by atoms with E-state index in [9.17, 15) is 8.78 Å². The van der Waals surface area contributed by atoms with Crippen LogP contribution in [0.4, 0.5) is 8.78 Å². The molecule has 0 amide bonds. The molecule has 0 spiro atoms. The van der Waals surface area contributed by atoms with Crippen LogP contribution in [0, 0.1) is 0 Å². The van der Waals surface area contributed by atoms with E-state index >= 15 is 0 Å². The van der Waals surface area contributed by atoms with Crippen LogP contribution < -0.4 is 5.73 Å². The van der Waals surface area contributed by atoms with Gasteiger partial charge in [-0.15, -0.1) is 12.4 Å². The second-order valence-electron chi connectivity index (χ2n) is 2.61. The van der Waals surface area contributed by atoms with Crippen molar-refractivity contribution in [3.63, 3.8) is 0 Å². The van der Waals surface area contributed by atoms with Gasteiger partial charge in [-0.25, -0.2) is 8.78 Å². The van der Waals surface area contributed by atoms with Crippen molar-refractivity contribution in [3.05, 3.63) is 0 Å². The molecule has 0 saturated heterocycles. The molecule has 0 aliphatic heterocycles. The molecule has 0 aromatic heterocycles. The van der Waals surface area contributed by atoms with Crippen LogP contribution in [0.2, 0.25) is 0 Å². The highest BCUT2D eigenvalue weighted by Gasteiger charge is 2.38. The summed E-state index contributed by atoms with van der Waals surface area (Å²) in [6, 6.07) is -0.883. The lowest BCUT2D eigenvalue weighted by Crippen LogP contribution is -2.43. The summed E-state index contributed by atoms with van der Waals surface area (Å²) in [4.78, 5) is 0. The number of halogens is 3. The summed E-state index contributed by atoms with van der Waals surface area (Å²) in [6.07, 6.45) is 1.94. The van der Waals surface area contributed by atoms with E-state index in [4.69, 9.17) is 5.73 Å². The molecule has 1 saturated carbocycles. The molecule has 1 rings (SSSR count). The van der Waals surface area contributed by atoms with E-state index in [0.29, 0.717) is 12.8 Å². The molecule has 0 radical (unpaired) electrons. The van der Waals surface area contributed by atoms with E-state index in [2.05, 4.69) is 0 Å². The van der Waals surface area contributed by atoms with Gasteiger partial charge in [-0.3, -0.25) is 0 Å². The quantitative estimate of drug-likeness (QED) is 0.593. The number of hydrogen-bond acceptors (Lipinski definition) is 1. The second kappa shape index (κ2) is 3.49. The van der Waals surface area contributed by atoms with Crippen LogP contribution >= 0.6 is 12.4 Å². The monoisotopic (exact) mass is 171 g/mol. The van der Waals surface area contributed by atoms with Crippen molar-refractivity contribution in [1.82, 2.24) is 0 Å². The van der Waals surface area contributed by atoms with E-state index in [1.807, 2.05) is 0 Å². The predicted molar refractivity (Wildman–Crippen MR) is 38.6 cm³/mol. The Labute approximate surface area is 65.4 Å². The molecule has 1 fully saturated rings. The van der Waals surface area contributed by atoms with E-state index in [1.54, 1.807) is 0 Å². The van der Waals surface area contributed by atoms with Gasteiger partial charge in [0.05, 0.1) is 6.04 Å². The zero-order valence-electron chi connectivity index (χ0n) is 5.65. The molecule has 10 heavy (non-hydrogen) atoms. The smallest absolute Gasteiger partial charge is 0.262 e. The molecular formula is C6H12ClF2N. The Kier molecular flexibility index (Phi) is 3.52. The summed E-state index contributed by atoms with van der Waals surface area (Å²) in [5.74, 6) is -2.59. The molecule has 1 aliphatic rings. The fourth-order valence-corrected chi connectivity index (χ4v) is 1.12. The van der Waals surface area contributed by atoms with Crippen molar-refractivity contribution in [3.8, 4) is 0 Å². The molecule has 1 nitrogen and oxygen atoms in total. The summed E-state index contributed by atoms with van der Waals surface area (Å²) in [5.41, 5.74) is 5.16. The topological polar surface area (TPSA) is 26.0 Å². The minimum Gasteiger partial charge on any atom is -0.323 e. The highest BCUT2D eigenvalue weighted by molar-refractivity contribution is 5.85. The molecule has 4 heteroatoms. The van der Waals surface area contributed by atoms with Crippen LogP contribution in [0.5, 0.6) is 0 Å². The second-order valence-corrected chi connectivity index (χ2v) is 2.61. The van der Waals surface area contributed by atoms with Gasteiger partial charge in [0.2, 0.25) is 0 Å². The third-order valence-corrected chi connectivity index (χ3v) is 1.82. The molecule has 62 valence electrons. The van der Waals surface area contributed by atoms with Crippen molar-refractivity contribution in [2.45, 2.75) is 37.6 Å². The normalized spacial score (nSPS) is 30.9. The highest BCUT2D eigenvalue weighted by atomic mass is 35.5. The van der Waals surface area contributed by atoms with Gasteiger partial charge in [0.1, 0.15) is 0 Å². The number of rotatable bonds is 0. The lowest BCUT2D eigenvalue weighted by molar-refractivity contribution is -0.0514. The molecule has 2 N–H and O–H groups in total. The summed E-state index contributed by atoms with van der Waals surface area (Å²) < 4.78 is 24.9. The standard InChI is InChI=1S/C6H11F2N.ClH/c7-6(8)4-2-1-3-5(6)9;/h5H,1-4,9H2;1H/t5-;/m0./s1. The number of nitrogens with two attached hydrogens (primary N) is 1. The largest absolute Gasteiger partial charge is 0.323 e. The number of alkyl halides is 2. The Morgan fingerprint density at radius 1 is 1.30 bits per heavy atom. The Morgan fingerprint density at radius 2 is 1.90 bits per heavy atom. The first-order chi connectivity index (χ1) is 4.13. The third-order valence-electron chi connectivity index (χ3n) is 1.82. The maximum absolute atomic E-state index is 12.5. The molecule has 0 aromatic rings. The van der Waals surface area contributed by atoms with Gasteiger partial charge < -0.3 is 5.73 Å². The highest BCUT2D eigenvalue weighted by Crippen LogP contribution is 2.31. The van der Waals surface area contributed by atoms with Gasteiger partial charge in [0, 0.05) is 6.42 Å². The first kappa shape index (κ1) is 10.1. The SMILES string of the molecule is Cl.N[C@H]1CCCCC1(F)F. The van der Waals surface area contributed by atoms with E-state index in [1.165, 1.54) is 0 Å². The molecule has 0 heterocycles. The van der Waals surface area contributed by atoms with Crippen LogP contribution in [-0.4, -0.2) is 12.0 Å². The van der Waals surface area contributed by atoms with Crippen LogP contribution in [0.15, 0.2) is 0 Å². The van der Waals surface area contributed by atoms with E-state index in [0.717, 1.165) is 6.42 Å². The zero-order valence-corrected chi connectivity index (χ0v) is 6.46. The average Bonchev–Trinajstić information content (AvgIpc) is 1.77. The first-order valence-corrected chi connectivity index (χ1v) is 3.26. The third kappa shape index (κ3) is 2.06. The van der Waals surface area contributed by atoms with Crippen molar-refractivity contribution in [2.75, 3.05) is 0 Å². The van der Waals surface area contributed by atoms with E-state index in [-0.39, 0.29) is 18.8 Å². The summed E-state index contributed by atoms with van der Waals surface area (Å²) in [5, 5.41) is 0. The van der Waals surface area contributed by atoms with Gasteiger partial charge >= 0.3 is 0 Å². The van der Waals surface area contributed by atoms with Gasteiger partial charge in [-0.05, 0) is 12.8 Å². The van der Waals surface area contributed by atoms with Crippen LogP contribution in [0.25, 0.3) is 0 Å². The Morgan fingerprint density at radius 3 is 2.20 bits per heavy atom. The molecule has 1 aliphatic carbocycles. The van der Waals surface area contributed by atoms with Crippen LogP contribution in [0.1, 0.15) is 25.7 Å². The minimum atomic E-state index is -2.59. The van der Waals surface area contributed by atoms with Crippen molar-refractivity contribution in [2.24, 2.45) is 5.73 Å². The lowest BCUT2D eigenvalue weighted by atomic mass is 9.92. The number of hydrogen-bond donors (Lipinski definition) is 1. The molecule has 0 unspecified atom stereocenters. The average molecular weight is 172 g/mol. The van der Waals surface area contributed by atoms with Gasteiger partial charge in [-0.2, -0.15) is 0 Å². The van der Waals surface area contributed by atoms with Crippen molar-refractivity contribution in [1.29, 1.82) is 0 Å². The summed E-state index contributed by atoms with van der Waals surface area (Å²) in [7, 11) is 0. The maximum atomic E-state index is 12.5. The molecule has 0 bridgehead atoms. The van der Waals surface area contributed by atoms with E-state index < -0.39 is 12.0 Å². The van der Waals surface area contributed by atoms with Gasteiger partial charge in [-0.1, -0.05) is 6.42 Å².